The summed E-state index contributed by atoms with van der Waals surface area (Å²) in [4.78, 5) is 2.38. The first-order valence-corrected chi connectivity index (χ1v) is 26.1. The lowest BCUT2D eigenvalue weighted by molar-refractivity contribution is 0.662. The number of benzene rings is 12. The minimum absolute atomic E-state index is 0.106. The number of rotatable bonds is 9. The van der Waals surface area contributed by atoms with Crippen molar-refractivity contribution >= 4 is 49.6 Å². The van der Waals surface area contributed by atoms with Crippen LogP contribution in [0, 0.1) is 0 Å². The Labute approximate surface area is 438 Å². The summed E-state index contributed by atoms with van der Waals surface area (Å²) >= 11 is 0. The summed E-state index contributed by atoms with van der Waals surface area (Å²) in [5.74, 6) is 0. The van der Waals surface area contributed by atoms with E-state index >= 15 is 0 Å². The predicted octanol–water partition coefficient (Wildman–Crippen LogP) is 20.0. The Kier molecular flexibility index (Phi) is 10.6. The Morgan fingerprint density at radius 2 is 0.720 bits per heavy atom. The van der Waals surface area contributed by atoms with Crippen molar-refractivity contribution in [3.05, 3.63) is 290 Å². The van der Waals surface area contributed by atoms with Gasteiger partial charge in [-0.25, -0.2) is 0 Å². The largest absolute Gasteiger partial charge is 0.311 e. The lowest BCUT2D eigenvalue weighted by atomic mass is 9.79. The van der Waals surface area contributed by atoms with Crippen LogP contribution < -0.4 is 4.90 Å². The zero-order chi connectivity index (χ0) is 50.0. The van der Waals surface area contributed by atoms with Gasteiger partial charge in [-0.2, -0.15) is 0 Å². The Hall–Kier alpha value is -9.50. The Morgan fingerprint density at radius 3 is 1.36 bits per heavy atom. The van der Waals surface area contributed by atoms with Gasteiger partial charge in [-0.1, -0.05) is 220 Å². The predicted molar refractivity (Wildman–Crippen MR) is 318 cm³/mol. The van der Waals surface area contributed by atoms with Crippen LogP contribution in [0.15, 0.2) is 279 Å². The molecule has 0 atom stereocenters. The summed E-state index contributed by atoms with van der Waals surface area (Å²) in [6.07, 6.45) is 0. The van der Waals surface area contributed by atoms with Crippen molar-refractivity contribution in [3.63, 3.8) is 0 Å². The van der Waals surface area contributed by atoms with Crippen LogP contribution in [0.25, 0.3) is 105 Å². The molecule has 13 aromatic rings. The molecule has 2 nitrogen and oxygen atoms in total. The van der Waals surface area contributed by atoms with E-state index in [2.05, 4.69) is 302 Å². The normalized spacial score (nSPS) is 12.5. The van der Waals surface area contributed by atoms with E-state index in [1.165, 1.54) is 110 Å². The monoisotopic (exact) mass is 956 g/mol. The van der Waals surface area contributed by atoms with Gasteiger partial charge in [0, 0.05) is 38.9 Å². The van der Waals surface area contributed by atoms with Crippen LogP contribution in [-0.4, -0.2) is 4.57 Å². The standard InChI is InChI=1S/C73H52N2/c1-73(2)69-25-8-5-20-65(69)68-24-13-23-64(72(68)73)54-38-44-62(45-39-54)74(61-42-36-53(37-43-61)56-16-11-17-57(46-56)59-33-32-49-14-3-4-15-55(49)47-59)60-40-34-51(35-41-60)50-28-30-52(31-29-50)58-18-12-19-63(48-58)75-70-26-9-6-21-66(70)67-22-7-10-27-71(67)75/h3-48H,1-2H3. The van der Waals surface area contributed by atoms with Gasteiger partial charge in [-0.15, -0.1) is 0 Å². The van der Waals surface area contributed by atoms with Gasteiger partial charge in [-0.05, 0) is 161 Å². The average molecular weight is 957 g/mol. The van der Waals surface area contributed by atoms with Crippen molar-refractivity contribution in [1.29, 1.82) is 0 Å². The third-order valence-corrected chi connectivity index (χ3v) is 15.8. The van der Waals surface area contributed by atoms with E-state index in [0.717, 1.165) is 22.7 Å². The van der Waals surface area contributed by atoms with Crippen LogP contribution in [0.3, 0.4) is 0 Å². The first-order chi connectivity index (χ1) is 36.9. The molecule has 0 radical (unpaired) electrons. The van der Waals surface area contributed by atoms with Crippen LogP contribution >= 0.6 is 0 Å². The number of fused-ring (bicyclic) bond motifs is 7. The topological polar surface area (TPSA) is 8.17 Å². The maximum absolute atomic E-state index is 2.39. The van der Waals surface area contributed by atoms with Crippen molar-refractivity contribution < 1.29 is 0 Å². The van der Waals surface area contributed by atoms with Gasteiger partial charge in [0.2, 0.25) is 0 Å². The molecule has 354 valence electrons. The summed E-state index contributed by atoms with van der Waals surface area (Å²) in [5, 5.41) is 5.04. The Morgan fingerprint density at radius 1 is 0.293 bits per heavy atom. The number of nitrogens with zero attached hydrogens (tertiary/aromatic N) is 2. The fourth-order valence-corrected chi connectivity index (χ4v) is 12.1. The number of hydrogen-bond acceptors (Lipinski definition) is 1. The Balaban J connectivity index is 0.789. The van der Waals surface area contributed by atoms with Gasteiger partial charge in [0.05, 0.1) is 11.0 Å². The zero-order valence-corrected chi connectivity index (χ0v) is 42.0. The third kappa shape index (κ3) is 7.65. The minimum Gasteiger partial charge on any atom is -0.311 e. The van der Waals surface area contributed by atoms with Crippen LogP contribution in [0.4, 0.5) is 17.1 Å². The van der Waals surface area contributed by atoms with Gasteiger partial charge in [0.1, 0.15) is 0 Å². The lowest BCUT2D eigenvalue weighted by Crippen LogP contribution is -2.16. The fourth-order valence-electron chi connectivity index (χ4n) is 12.1. The third-order valence-electron chi connectivity index (χ3n) is 15.8. The molecule has 0 unspecified atom stereocenters. The summed E-state index contributed by atoms with van der Waals surface area (Å²) in [5.41, 5.74) is 24.2. The van der Waals surface area contributed by atoms with Gasteiger partial charge >= 0.3 is 0 Å². The SMILES string of the molecule is CC1(C)c2ccccc2-c2cccc(-c3ccc(N(c4ccc(-c5ccc(-c6cccc(-n7c8ccccc8c8ccccc87)c6)cc5)cc4)c4ccc(-c5cccc(-c6ccc7ccccc7c6)c5)cc4)cc3)c21. The molecule has 14 rings (SSSR count). The number of aromatic nitrogens is 1. The molecular weight excluding hydrogens is 905 g/mol. The van der Waals surface area contributed by atoms with Crippen molar-refractivity contribution in [3.8, 4) is 72.4 Å². The van der Waals surface area contributed by atoms with Crippen LogP contribution in [0.1, 0.15) is 25.0 Å². The highest BCUT2D eigenvalue weighted by Crippen LogP contribution is 2.52. The van der Waals surface area contributed by atoms with Crippen molar-refractivity contribution in [1.82, 2.24) is 4.57 Å². The molecule has 0 saturated heterocycles. The summed E-state index contributed by atoms with van der Waals surface area (Å²) in [7, 11) is 0. The molecule has 1 aliphatic rings. The van der Waals surface area contributed by atoms with E-state index in [1.807, 2.05) is 0 Å². The molecule has 1 heterocycles. The summed E-state index contributed by atoms with van der Waals surface area (Å²) < 4.78 is 2.39. The van der Waals surface area contributed by atoms with Crippen molar-refractivity contribution in [2.75, 3.05) is 4.90 Å². The van der Waals surface area contributed by atoms with Crippen LogP contribution in [0.5, 0.6) is 0 Å². The van der Waals surface area contributed by atoms with Crippen molar-refractivity contribution in [2.24, 2.45) is 0 Å². The number of hydrogen-bond donors (Lipinski definition) is 0. The Bertz CT molecular complexity index is 4240. The van der Waals surface area contributed by atoms with Gasteiger partial charge in [0.15, 0.2) is 0 Å². The molecule has 0 N–H and O–H groups in total. The molecule has 1 aromatic heterocycles. The lowest BCUT2D eigenvalue weighted by Gasteiger charge is -2.27. The zero-order valence-electron chi connectivity index (χ0n) is 42.0. The van der Waals surface area contributed by atoms with E-state index in [1.54, 1.807) is 0 Å². The molecule has 12 aromatic carbocycles. The van der Waals surface area contributed by atoms with Crippen LogP contribution in [0.2, 0.25) is 0 Å². The van der Waals surface area contributed by atoms with Crippen molar-refractivity contribution in [2.45, 2.75) is 19.3 Å². The first kappa shape index (κ1) is 44.2. The van der Waals surface area contributed by atoms with E-state index < -0.39 is 0 Å². The molecule has 0 amide bonds. The quantitative estimate of drug-likeness (QED) is 0.140. The number of anilines is 3. The second kappa shape index (κ2) is 17.9. The molecule has 0 fully saturated rings. The molecule has 0 saturated carbocycles. The molecule has 1 aliphatic carbocycles. The molecule has 0 aliphatic heterocycles. The average Bonchev–Trinajstić information content (AvgIpc) is 3.99. The van der Waals surface area contributed by atoms with Crippen LogP contribution in [-0.2, 0) is 5.41 Å². The molecule has 0 bridgehead atoms. The van der Waals surface area contributed by atoms with E-state index in [0.29, 0.717) is 0 Å². The summed E-state index contributed by atoms with van der Waals surface area (Å²) in [6.45, 7) is 4.73. The smallest absolute Gasteiger partial charge is 0.0541 e. The maximum Gasteiger partial charge on any atom is 0.0541 e. The summed E-state index contributed by atoms with van der Waals surface area (Å²) in [6, 6.07) is 102. The highest BCUT2D eigenvalue weighted by atomic mass is 15.1. The molecule has 2 heteroatoms. The second-order valence-electron chi connectivity index (χ2n) is 20.5. The maximum atomic E-state index is 2.39. The first-order valence-electron chi connectivity index (χ1n) is 26.1. The molecular formula is C73H52N2. The second-order valence-corrected chi connectivity index (χ2v) is 20.5. The van der Waals surface area contributed by atoms with Gasteiger partial charge < -0.3 is 9.47 Å². The van der Waals surface area contributed by atoms with E-state index in [9.17, 15) is 0 Å². The van der Waals surface area contributed by atoms with E-state index in [4.69, 9.17) is 0 Å². The number of para-hydroxylation sites is 2. The highest BCUT2D eigenvalue weighted by Gasteiger charge is 2.37. The molecule has 0 spiro atoms. The van der Waals surface area contributed by atoms with Gasteiger partial charge in [-0.3, -0.25) is 0 Å². The fraction of sp³-hybridized carbons (Fsp3) is 0.0411. The molecule has 75 heavy (non-hydrogen) atoms. The van der Waals surface area contributed by atoms with E-state index in [-0.39, 0.29) is 5.41 Å². The van der Waals surface area contributed by atoms with Gasteiger partial charge in [0.25, 0.3) is 0 Å². The highest BCUT2D eigenvalue weighted by molar-refractivity contribution is 6.09. The minimum atomic E-state index is -0.106.